The number of amides is 1. The monoisotopic (exact) mass is 247 g/mol. The van der Waals surface area contributed by atoms with Gasteiger partial charge in [0.15, 0.2) is 0 Å². The summed E-state index contributed by atoms with van der Waals surface area (Å²) in [6.07, 6.45) is 2.52. The molecule has 0 aliphatic carbocycles. The Kier molecular flexibility index (Phi) is 3.09. The fourth-order valence-corrected chi connectivity index (χ4v) is 1.46. The largest absolute Gasteiger partial charge is 0.505 e. The minimum absolute atomic E-state index is 0.0489. The number of benzene rings is 1. The number of nitrogens with two attached hydrogens (primary N) is 1. The lowest BCUT2D eigenvalue weighted by molar-refractivity contribution is 0.102. The SMILES string of the molecule is Nc1cc(F)cc(NC(=O)c2ccncc2O)c1. The van der Waals surface area contributed by atoms with E-state index < -0.39 is 11.7 Å². The summed E-state index contributed by atoms with van der Waals surface area (Å²) in [5.41, 5.74) is 5.92. The molecule has 0 atom stereocenters. The van der Waals surface area contributed by atoms with Crippen LogP contribution in [-0.2, 0) is 0 Å². The number of aromatic nitrogens is 1. The average molecular weight is 247 g/mol. The van der Waals surface area contributed by atoms with Crippen molar-refractivity contribution in [2.24, 2.45) is 0 Å². The summed E-state index contributed by atoms with van der Waals surface area (Å²) >= 11 is 0. The van der Waals surface area contributed by atoms with Crippen LogP contribution < -0.4 is 11.1 Å². The van der Waals surface area contributed by atoms with Crippen molar-refractivity contribution in [3.63, 3.8) is 0 Å². The van der Waals surface area contributed by atoms with Gasteiger partial charge in [0.1, 0.15) is 11.6 Å². The van der Waals surface area contributed by atoms with Gasteiger partial charge in [-0.2, -0.15) is 0 Å². The van der Waals surface area contributed by atoms with E-state index in [1.807, 2.05) is 0 Å². The fourth-order valence-electron chi connectivity index (χ4n) is 1.46. The lowest BCUT2D eigenvalue weighted by Gasteiger charge is -2.07. The molecule has 0 aliphatic heterocycles. The Bertz CT molecular complexity index is 581. The van der Waals surface area contributed by atoms with Crippen molar-refractivity contribution < 1.29 is 14.3 Å². The minimum atomic E-state index is -0.570. The highest BCUT2D eigenvalue weighted by molar-refractivity contribution is 6.06. The fraction of sp³-hybridized carbons (Fsp3) is 0. The average Bonchev–Trinajstić information content (AvgIpc) is 2.27. The molecule has 0 aliphatic rings. The first-order valence-electron chi connectivity index (χ1n) is 5.06. The number of hydrogen-bond acceptors (Lipinski definition) is 4. The lowest BCUT2D eigenvalue weighted by Crippen LogP contribution is -2.12. The number of pyridine rings is 1. The third-order valence-corrected chi connectivity index (χ3v) is 2.22. The van der Waals surface area contributed by atoms with Crippen molar-refractivity contribution in [1.29, 1.82) is 0 Å². The van der Waals surface area contributed by atoms with Crippen LogP contribution in [0.25, 0.3) is 0 Å². The first-order chi connectivity index (χ1) is 8.56. The van der Waals surface area contributed by atoms with Gasteiger partial charge in [0.05, 0.1) is 11.8 Å². The van der Waals surface area contributed by atoms with Crippen LogP contribution >= 0.6 is 0 Å². The summed E-state index contributed by atoms with van der Waals surface area (Å²) in [5, 5.41) is 11.9. The maximum atomic E-state index is 13.1. The van der Waals surface area contributed by atoms with Crippen molar-refractivity contribution in [3.8, 4) is 5.75 Å². The predicted octanol–water partition coefficient (Wildman–Crippen LogP) is 1.76. The molecule has 1 heterocycles. The molecule has 6 heteroatoms. The highest BCUT2D eigenvalue weighted by atomic mass is 19.1. The molecule has 1 aromatic heterocycles. The maximum Gasteiger partial charge on any atom is 0.259 e. The molecule has 1 aromatic carbocycles. The molecule has 0 radical (unpaired) electrons. The number of anilines is 2. The highest BCUT2D eigenvalue weighted by Crippen LogP contribution is 2.19. The highest BCUT2D eigenvalue weighted by Gasteiger charge is 2.11. The molecule has 1 amide bonds. The smallest absolute Gasteiger partial charge is 0.259 e. The third-order valence-electron chi connectivity index (χ3n) is 2.22. The number of halogens is 1. The third kappa shape index (κ3) is 2.54. The summed E-state index contributed by atoms with van der Waals surface area (Å²) in [5.74, 6) is -1.37. The van der Waals surface area contributed by atoms with E-state index in [1.54, 1.807) is 0 Å². The molecule has 2 rings (SSSR count). The van der Waals surface area contributed by atoms with Crippen LogP contribution in [0.5, 0.6) is 5.75 Å². The molecular weight excluding hydrogens is 237 g/mol. The standard InChI is InChI=1S/C12H10FN3O2/c13-7-3-8(14)5-9(4-7)16-12(18)10-1-2-15-6-11(10)17/h1-6,17H,14H2,(H,16,18). The number of nitrogens with zero attached hydrogens (tertiary/aromatic N) is 1. The number of rotatable bonds is 2. The molecular formula is C12H10FN3O2. The quantitative estimate of drug-likeness (QED) is 0.705. The Labute approximate surface area is 102 Å². The van der Waals surface area contributed by atoms with E-state index in [4.69, 9.17) is 5.73 Å². The molecule has 0 unspecified atom stereocenters. The molecule has 2 aromatic rings. The van der Waals surface area contributed by atoms with E-state index in [0.717, 1.165) is 18.3 Å². The van der Waals surface area contributed by atoms with E-state index in [9.17, 15) is 14.3 Å². The summed E-state index contributed by atoms with van der Waals surface area (Å²) in [6.45, 7) is 0. The van der Waals surface area contributed by atoms with Gasteiger partial charge in [-0.3, -0.25) is 9.78 Å². The Balaban J connectivity index is 2.24. The summed E-state index contributed by atoms with van der Waals surface area (Å²) in [7, 11) is 0. The van der Waals surface area contributed by atoms with Gasteiger partial charge < -0.3 is 16.2 Å². The second kappa shape index (κ2) is 4.70. The zero-order valence-corrected chi connectivity index (χ0v) is 9.22. The zero-order chi connectivity index (χ0) is 13.1. The van der Waals surface area contributed by atoms with Crippen LogP contribution in [0.1, 0.15) is 10.4 Å². The van der Waals surface area contributed by atoms with Gasteiger partial charge in [-0.1, -0.05) is 0 Å². The Morgan fingerprint density at radius 2 is 2.17 bits per heavy atom. The van der Waals surface area contributed by atoms with Crippen LogP contribution in [0.3, 0.4) is 0 Å². The van der Waals surface area contributed by atoms with Crippen molar-refractivity contribution in [1.82, 2.24) is 4.98 Å². The van der Waals surface area contributed by atoms with Crippen LogP contribution in [0.4, 0.5) is 15.8 Å². The van der Waals surface area contributed by atoms with Crippen molar-refractivity contribution >= 4 is 17.3 Å². The van der Waals surface area contributed by atoms with Gasteiger partial charge >= 0.3 is 0 Å². The maximum absolute atomic E-state index is 13.1. The first-order valence-corrected chi connectivity index (χ1v) is 5.06. The number of aromatic hydroxyl groups is 1. The first kappa shape index (κ1) is 11.8. The molecule has 4 N–H and O–H groups in total. The normalized spacial score (nSPS) is 10.1. The second-order valence-corrected chi connectivity index (χ2v) is 3.62. The van der Waals surface area contributed by atoms with Gasteiger partial charge in [-0.25, -0.2) is 4.39 Å². The van der Waals surface area contributed by atoms with E-state index >= 15 is 0 Å². The van der Waals surface area contributed by atoms with E-state index in [2.05, 4.69) is 10.3 Å². The summed E-state index contributed by atoms with van der Waals surface area (Å²) in [4.78, 5) is 15.4. The summed E-state index contributed by atoms with van der Waals surface area (Å²) in [6, 6.07) is 5.04. The Hall–Kier alpha value is -2.63. The Morgan fingerprint density at radius 1 is 1.39 bits per heavy atom. The topological polar surface area (TPSA) is 88.2 Å². The minimum Gasteiger partial charge on any atom is -0.505 e. The van der Waals surface area contributed by atoms with Gasteiger partial charge in [0.2, 0.25) is 0 Å². The van der Waals surface area contributed by atoms with Crippen molar-refractivity contribution in [3.05, 3.63) is 48.0 Å². The van der Waals surface area contributed by atoms with Gasteiger partial charge in [0.25, 0.3) is 5.91 Å². The molecule has 0 saturated heterocycles. The number of nitrogen functional groups attached to an aromatic ring is 1. The predicted molar refractivity (Wildman–Crippen MR) is 64.7 cm³/mol. The van der Waals surface area contributed by atoms with Crippen LogP contribution in [0.15, 0.2) is 36.7 Å². The number of carbonyl (C=O) groups is 1. The van der Waals surface area contributed by atoms with Crippen LogP contribution in [-0.4, -0.2) is 16.0 Å². The zero-order valence-electron chi connectivity index (χ0n) is 9.22. The van der Waals surface area contributed by atoms with Gasteiger partial charge in [-0.05, 0) is 24.3 Å². The van der Waals surface area contributed by atoms with Gasteiger partial charge in [0, 0.05) is 17.6 Å². The van der Waals surface area contributed by atoms with Crippen LogP contribution in [0.2, 0.25) is 0 Å². The molecule has 92 valence electrons. The van der Waals surface area contributed by atoms with Gasteiger partial charge in [-0.15, -0.1) is 0 Å². The molecule has 0 saturated carbocycles. The van der Waals surface area contributed by atoms with Crippen molar-refractivity contribution in [2.75, 3.05) is 11.1 Å². The van der Waals surface area contributed by atoms with Crippen molar-refractivity contribution in [2.45, 2.75) is 0 Å². The van der Waals surface area contributed by atoms with E-state index in [-0.39, 0.29) is 22.7 Å². The number of carbonyl (C=O) groups excluding carboxylic acids is 1. The van der Waals surface area contributed by atoms with Crippen LogP contribution in [0, 0.1) is 5.82 Å². The lowest BCUT2D eigenvalue weighted by atomic mass is 10.2. The second-order valence-electron chi connectivity index (χ2n) is 3.62. The number of hydrogen-bond donors (Lipinski definition) is 3. The van der Waals surface area contributed by atoms with E-state index in [1.165, 1.54) is 18.3 Å². The number of nitrogens with one attached hydrogen (secondary N) is 1. The Morgan fingerprint density at radius 3 is 2.83 bits per heavy atom. The molecule has 5 nitrogen and oxygen atoms in total. The molecule has 18 heavy (non-hydrogen) atoms. The van der Waals surface area contributed by atoms with E-state index in [0.29, 0.717) is 0 Å². The molecule has 0 fully saturated rings. The molecule has 0 bridgehead atoms. The molecule has 0 spiro atoms. The summed E-state index contributed by atoms with van der Waals surface area (Å²) < 4.78 is 13.1.